The molecule has 2 aromatic rings. The molecule has 0 saturated heterocycles. The second-order valence-electron chi connectivity index (χ2n) is 6.38. The third kappa shape index (κ3) is 4.25. The van der Waals surface area contributed by atoms with Crippen molar-refractivity contribution in [1.29, 1.82) is 5.26 Å². The van der Waals surface area contributed by atoms with Crippen molar-refractivity contribution in [2.24, 2.45) is 0 Å². The van der Waals surface area contributed by atoms with Gasteiger partial charge in [-0.2, -0.15) is 5.26 Å². The van der Waals surface area contributed by atoms with Crippen LogP contribution in [0.15, 0.2) is 30.6 Å². The largest absolute Gasteiger partial charge is 0.494 e. The molecule has 0 radical (unpaired) electrons. The fraction of sp³-hybridized carbons (Fsp3) is 0.421. The first-order chi connectivity index (χ1) is 12.2. The molecule has 2 heterocycles. The lowest BCUT2D eigenvalue weighted by Crippen LogP contribution is -2.34. The fourth-order valence-electron chi connectivity index (χ4n) is 3.06. The Morgan fingerprint density at radius 2 is 2.04 bits per heavy atom. The average molecular weight is 337 g/mol. The Kier molecular flexibility index (Phi) is 5.46. The summed E-state index contributed by atoms with van der Waals surface area (Å²) >= 11 is 0. The first-order valence-electron chi connectivity index (χ1n) is 8.53. The van der Waals surface area contributed by atoms with Crippen molar-refractivity contribution >= 4 is 5.82 Å². The molecule has 25 heavy (non-hydrogen) atoms. The number of hydrogen-bond donors (Lipinski definition) is 0. The van der Waals surface area contributed by atoms with Crippen molar-refractivity contribution in [2.45, 2.75) is 19.4 Å². The molecule has 1 aromatic heterocycles. The van der Waals surface area contributed by atoms with Crippen LogP contribution >= 0.6 is 0 Å². The molecule has 0 atom stereocenters. The predicted molar refractivity (Wildman–Crippen MR) is 96.6 cm³/mol. The topological polar surface area (TPSA) is 65.3 Å². The summed E-state index contributed by atoms with van der Waals surface area (Å²) in [4.78, 5) is 13.3. The van der Waals surface area contributed by atoms with Crippen LogP contribution in [-0.2, 0) is 13.0 Å². The molecule has 0 bridgehead atoms. The van der Waals surface area contributed by atoms with Crippen molar-refractivity contribution in [3.63, 3.8) is 0 Å². The van der Waals surface area contributed by atoms with E-state index < -0.39 is 0 Å². The molecule has 130 valence electrons. The number of rotatable bonds is 6. The Labute approximate surface area is 148 Å². The van der Waals surface area contributed by atoms with Crippen LogP contribution in [0.4, 0.5) is 5.82 Å². The first kappa shape index (κ1) is 17.2. The number of anilines is 1. The maximum atomic E-state index is 8.80. The Morgan fingerprint density at radius 3 is 2.76 bits per heavy atom. The molecule has 1 aliphatic heterocycles. The summed E-state index contributed by atoms with van der Waals surface area (Å²) in [6, 6.07) is 9.35. The Balaban J connectivity index is 1.49. The van der Waals surface area contributed by atoms with Gasteiger partial charge in [-0.1, -0.05) is 0 Å². The smallest absolute Gasteiger partial charge is 0.136 e. The van der Waals surface area contributed by atoms with Gasteiger partial charge in [0, 0.05) is 45.7 Å². The minimum Gasteiger partial charge on any atom is -0.494 e. The standard InChI is InChI=1S/C19H23N5O/c1-23(2)19-17-13-24(10-8-18(17)21-14-22-19)9-3-11-25-16-6-4-15(12-20)5-7-16/h4-7,14H,3,8-11,13H2,1-2H3. The van der Waals surface area contributed by atoms with Gasteiger partial charge in [-0.05, 0) is 30.7 Å². The number of fused-ring (bicyclic) bond motifs is 1. The van der Waals surface area contributed by atoms with Gasteiger partial charge in [0.1, 0.15) is 17.9 Å². The Morgan fingerprint density at radius 1 is 1.24 bits per heavy atom. The van der Waals surface area contributed by atoms with Crippen LogP contribution in [0, 0.1) is 11.3 Å². The minimum atomic E-state index is 0.651. The molecule has 0 aliphatic carbocycles. The van der Waals surface area contributed by atoms with Gasteiger partial charge < -0.3 is 9.64 Å². The second-order valence-corrected chi connectivity index (χ2v) is 6.38. The van der Waals surface area contributed by atoms with Gasteiger partial charge in [-0.25, -0.2) is 9.97 Å². The second kappa shape index (κ2) is 7.95. The van der Waals surface area contributed by atoms with Crippen LogP contribution in [0.3, 0.4) is 0 Å². The van der Waals surface area contributed by atoms with E-state index in [1.165, 1.54) is 11.3 Å². The highest BCUT2D eigenvalue weighted by molar-refractivity contribution is 5.48. The molecular formula is C19H23N5O. The summed E-state index contributed by atoms with van der Waals surface area (Å²) in [5, 5.41) is 8.80. The van der Waals surface area contributed by atoms with Crippen molar-refractivity contribution < 1.29 is 4.74 Å². The van der Waals surface area contributed by atoms with Crippen molar-refractivity contribution in [3.8, 4) is 11.8 Å². The molecule has 0 saturated carbocycles. The van der Waals surface area contributed by atoms with E-state index in [9.17, 15) is 0 Å². The van der Waals surface area contributed by atoms with Gasteiger partial charge in [0.2, 0.25) is 0 Å². The summed E-state index contributed by atoms with van der Waals surface area (Å²) in [6.07, 6.45) is 3.59. The van der Waals surface area contributed by atoms with E-state index >= 15 is 0 Å². The van der Waals surface area contributed by atoms with Crippen molar-refractivity contribution in [3.05, 3.63) is 47.4 Å². The lowest BCUT2D eigenvalue weighted by atomic mass is 10.1. The van der Waals surface area contributed by atoms with Gasteiger partial charge in [0.25, 0.3) is 0 Å². The molecule has 1 aromatic carbocycles. The van der Waals surface area contributed by atoms with Crippen molar-refractivity contribution in [1.82, 2.24) is 14.9 Å². The van der Waals surface area contributed by atoms with Crippen LogP contribution < -0.4 is 9.64 Å². The van der Waals surface area contributed by atoms with E-state index in [1.807, 2.05) is 26.2 Å². The molecule has 0 N–H and O–H groups in total. The van der Waals surface area contributed by atoms with E-state index in [2.05, 4.69) is 25.8 Å². The summed E-state index contributed by atoms with van der Waals surface area (Å²) in [7, 11) is 4.04. The highest BCUT2D eigenvalue weighted by Crippen LogP contribution is 2.24. The van der Waals surface area contributed by atoms with Crippen LogP contribution in [0.2, 0.25) is 0 Å². The molecule has 1 aliphatic rings. The number of aromatic nitrogens is 2. The third-order valence-corrected chi connectivity index (χ3v) is 4.35. The number of benzene rings is 1. The number of nitrogens with zero attached hydrogens (tertiary/aromatic N) is 5. The quantitative estimate of drug-likeness (QED) is 0.753. The minimum absolute atomic E-state index is 0.651. The van der Waals surface area contributed by atoms with E-state index in [4.69, 9.17) is 10.00 Å². The highest BCUT2D eigenvalue weighted by atomic mass is 16.5. The predicted octanol–water partition coefficient (Wildman–Crippen LogP) is 2.24. The molecular weight excluding hydrogens is 314 g/mol. The summed E-state index contributed by atoms with van der Waals surface area (Å²) < 4.78 is 5.76. The van der Waals surface area contributed by atoms with Gasteiger partial charge in [-0.15, -0.1) is 0 Å². The first-order valence-corrected chi connectivity index (χ1v) is 8.53. The van der Waals surface area contributed by atoms with Gasteiger partial charge in [0.15, 0.2) is 0 Å². The number of ether oxygens (including phenoxy) is 1. The number of hydrogen-bond acceptors (Lipinski definition) is 6. The zero-order valence-corrected chi connectivity index (χ0v) is 14.8. The van der Waals surface area contributed by atoms with E-state index in [0.717, 1.165) is 44.0 Å². The van der Waals surface area contributed by atoms with E-state index in [0.29, 0.717) is 12.2 Å². The normalized spacial score (nSPS) is 13.8. The molecule has 0 fully saturated rings. The lowest BCUT2D eigenvalue weighted by Gasteiger charge is -2.30. The summed E-state index contributed by atoms with van der Waals surface area (Å²) in [5.74, 6) is 1.83. The molecule has 0 amide bonds. The van der Waals surface area contributed by atoms with Crippen LogP contribution in [0.1, 0.15) is 23.2 Å². The van der Waals surface area contributed by atoms with Crippen LogP contribution in [0.5, 0.6) is 5.75 Å². The maximum absolute atomic E-state index is 8.80. The maximum Gasteiger partial charge on any atom is 0.136 e. The average Bonchev–Trinajstić information content (AvgIpc) is 2.65. The third-order valence-electron chi connectivity index (χ3n) is 4.35. The SMILES string of the molecule is CN(C)c1ncnc2c1CN(CCCOc1ccc(C#N)cc1)CC2. The van der Waals surface area contributed by atoms with Crippen LogP contribution in [-0.4, -0.2) is 48.7 Å². The summed E-state index contributed by atoms with van der Waals surface area (Å²) in [6.45, 7) is 3.56. The van der Waals surface area contributed by atoms with E-state index in [1.54, 1.807) is 18.5 Å². The van der Waals surface area contributed by atoms with Gasteiger partial charge in [0.05, 0.1) is 23.9 Å². The fourth-order valence-corrected chi connectivity index (χ4v) is 3.06. The Hall–Kier alpha value is -2.65. The monoisotopic (exact) mass is 337 g/mol. The van der Waals surface area contributed by atoms with Gasteiger partial charge in [-0.3, -0.25) is 4.90 Å². The molecule has 6 heteroatoms. The summed E-state index contributed by atoms with van der Waals surface area (Å²) in [5.41, 5.74) is 3.06. The zero-order chi connectivity index (χ0) is 17.6. The van der Waals surface area contributed by atoms with Crippen molar-refractivity contribution in [2.75, 3.05) is 38.7 Å². The molecule has 0 unspecified atom stereocenters. The molecule has 6 nitrogen and oxygen atoms in total. The van der Waals surface area contributed by atoms with Gasteiger partial charge >= 0.3 is 0 Å². The van der Waals surface area contributed by atoms with E-state index in [-0.39, 0.29) is 0 Å². The van der Waals surface area contributed by atoms with Crippen LogP contribution in [0.25, 0.3) is 0 Å². The lowest BCUT2D eigenvalue weighted by molar-refractivity contribution is 0.219. The highest BCUT2D eigenvalue weighted by Gasteiger charge is 2.21. The molecule has 3 rings (SSSR count). The number of nitriles is 1. The zero-order valence-electron chi connectivity index (χ0n) is 14.8. The Bertz CT molecular complexity index is 751. The molecule has 0 spiro atoms.